The monoisotopic (exact) mass is 207 g/mol. The Morgan fingerprint density at radius 2 is 2.27 bits per heavy atom. The predicted octanol–water partition coefficient (Wildman–Crippen LogP) is 1.46. The SMILES string of the molecule is C[C@@H](O)c1cccc(F)c1-n1cncn1. The molecule has 0 saturated carbocycles. The molecule has 0 saturated heterocycles. The van der Waals surface area contributed by atoms with E-state index in [1.54, 1.807) is 19.1 Å². The number of benzene rings is 1. The zero-order chi connectivity index (χ0) is 10.8. The fourth-order valence-electron chi connectivity index (χ4n) is 1.43. The number of para-hydroxylation sites is 1. The van der Waals surface area contributed by atoms with Gasteiger partial charge in [-0.1, -0.05) is 12.1 Å². The summed E-state index contributed by atoms with van der Waals surface area (Å²) >= 11 is 0. The summed E-state index contributed by atoms with van der Waals surface area (Å²) < 4.78 is 14.9. The Morgan fingerprint density at radius 1 is 1.47 bits per heavy atom. The quantitative estimate of drug-likeness (QED) is 0.811. The highest BCUT2D eigenvalue weighted by Gasteiger charge is 2.14. The fraction of sp³-hybridized carbons (Fsp3) is 0.200. The van der Waals surface area contributed by atoms with Crippen LogP contribution in [-0.2, 0) is 0 Å². The second-order valence-corrected chi connectivity index (χ2v) is 3.19. The smallest absolute Gasteiger partial charge is 0.149 e. The average Bonchev–Trinajstić information content (AvgIpc) is 2.70. The Bertz CT molecular complexity index is 454. The molecule has 2 rings (SSSR count). The maximum Gasteiger partial charge on any atom is 0.149 e. The van der Waals surface area contributed by atoms with Gasteiger partial charge in [0.15, 0.2) is 0 Å². The van der Waals surface area contributed by atoms with Crippen LogP contribution in [0.15, 0.2) is 30.9 Å². The van der Waals surface area contributed by atoms with Crippen LogP contribution in [0.2, 0.25) is 0 Å². The molecule has 1 atom stereocenters. The zero-order valence-corrected chi connectivity index (χ0v) is 8.13. The fourth-order valence-corrected chi connectivity index (χ4v) is 1.43. The summed E-state index contributed by atoms with van der Waals surface area (Å²) in [5.74, 6) is -0.432. The highest BCUT2D eigenvalue weighted by atomic mass is 19.1. The molecule has 0 fully saturated rings. The van der Waals surface area contributed by atoms with Crippen molar-refractivity contribution in [3.8, 4) is 5.69 Å². The van der Waals surface area contributed by atoms with Crippen molar-refractivity contribution in [1.82, 2.24) is 14.8 Å². The van der Waals surface area contributed by atoms with Gasteiger partial charge in [0.05, 0.1) is 6.10 Å². The van der Waals surface area contributed by atoms with Crippen LogP contribution in [0.3, 0.4) is 0 Å². The normalized spacial score (nSPS) is 12.7. The summed E-state index contributed by atoms with van der Waals surface area (Å²) in [6, 6.07) is 4.53. The van der Waals surface area contributed by atoms with Crippen LogP contribution in [0.1, 0.15) is 18.6 Å². The van der Waals surface area contributed by atoms with E-state index < -0.39 is 11.9 Å². The Labute approximate surface area is 86.0 Å². The number of hydrogen-bond acceptors (Lipinski definition) is 3. The van der Waals surface area contributed by atoms with E-state index in [0.717, 1.165) is 0 Å². The molecule has 0 aliphatic rings. The molecular formula is C10H10FN3O. The predicted molar refractivity (Wildman–Crippen MR) is 52.0 cm³/mol. The first-order valence-electron chi connectivity index (χ1n) is 4.51. The van der Waals surface area contributed by atoms with E-state index in [0.29, 0.717) is 5.56 Å². The van der Waals surface area contributed by atoms with E-state index >= 15 is 0 Å². The highest BCUT2D eigenvalue weighted by molar-refractivity contribution is 5.42. The lowest BCUT2D eigenvalue weighted by atomic mass is 10.1. The van der Waals surface area contributed by atoms with Crippen molar-refractivity contribution in [1.29, 1.82) is 0 Å². The number of hydrogen-bond donors (Lipinski definition) is 1. The van der Waals surface area contributed by atoms with E-state index in [1.165, 1.54) is 23.4 Å². The number of aliphatic hydroxyl groups excluding tert-OH is 1. The summed E-state index contributed by atoms with van der Waals surface area (Å²) in [7, 11) is 0. The summed E-state index contributed by atoms with van der Waals surface area (Å²) in [5.41, 5.74) is 0.727. The van der Waals surface area contributed by atoms with Crippen molar-refractivity contribution >= 4 is 0 Å². The van der Waals surface area contributed by atoms with Crippen LogP contribution < -0.4 is 0 Å². The molecule has 1 heterocycles. The molecule has 5 heteroatoms. The van der Waals surface area contributed by atoms with E-state index in [4.69, 9.17) is 0 Å². The van der Waals surface area contributed by atoms with Gasteiger partial charge in [-0.3, -0.25) is 0 Å². The minimum atomic E-state index is -0.750. The second-order valence-electron chi connectivity index (χ2n) is 3.19. The van der Waals surface area contributed by atoms with Gasteiger partial charge in [-0.05, 0) is 13.0 Å². The van der Waals surface area contributed by atoms with Gasteiger partial charge in [0.25, 0.3) is 0 Å². The minimum absolute atomic E-state index is 0.241. The topological polar surface area (TPSA) is 50.9 Å². The van der Waals surface area contributed by atoms with Gasteiger partial charge in [-0.2, -0.15) is 5.10 Å². The van der Waals surface area contributed by atoms with Crippen molar-refractivity contribution < 1.29 is 9.50 Å². The highest BCUT2D eigenvalue weighted by Crippen LogP contribution is 2.23. The van der Waals surface area contributed by atoms with Crippen LogP contribution in [0.5, 0.6) is 0 Å². The van der Waals surface area contributed by atoms with E-state index in [-0.39, 0.29) is 5.69 Å². The van der Waals surface area contributed by atoms with Crippen molar-refractivity contribution in [3.05, 3.63) is 42.2 Å². The van der Waals surface area contributed by atoms with Crippen molar-refractivity contribution in [2.75, 3.05) is 0 Å². The third kappa shape index (κ3) is 1.73. The molecule has 2 aromatic rings. The second kappa shape index (κ2) is 3.78. The number of rotatable bonds is 2. The molecule has 0 radical (unpaired) electrons. The Morgan fingerprint density at radius 3 is 2.87 bits per heavy atom. The summed E-state index contributed by atoms with van der Waals surface area (Å²) in [5, 5.41) is 13.3. The number of aromatic nitrogens is 3. The molecule has 1 N–H and O–H groups in total. The minimum Gasteiger partial charge on any atom is -0.389 e. The average molecular weight is 207 g/mol. The first kappa shape index (κ1) is 9.79. The first-order valence-corrected chi connectivity index (χ1v) is 4.51. The maximum absolute atomic E-state index is 13.6. The molecule has 0 bridgehead atoms. The van der Waals surface area contributed by atoms with E-state index in [1.807, 2.05) is 0 Å². The van der Waals surface area contributed by atoms with Gasteiger partial charge >= 0.3 is 0 Å². The van der Waals surface area contributed by atoms with Gasteiger partial charge in [-0.25, -0.2) is 14.1 Å². The molecular weight excluding hydrogens is 197 g/mol. The van der Waals surface area contributed by atoms with Crippen molar-refractivity contribution in [3.63, 3.8) is 0 Å². The summed E-state index contributed by atoms with van der Waals surface area (Å²) in [6.07, 6.45) is 1.96. The molecule has 0 aliphatic carbocycles. The third-order valence-electron chi connectivity index (χ3n) is 2.12. The van der Waals surface area contributed by atoms with Crippen LogP contribution >= 0.6 is 0 Å². The van der Waals surface area contributed by atoms with Gasteiger partial charge in [0, 0.05) is 5.56 Å². The van der Waals surface area contributed by atoms with E-state index in [9.17, 15) is 9.50 Å². The Hall–Kier alpha value is -1.75. The van der Waals surface area contributed by atoms with Gasteiger partial charge in [0.1, 0.15) is 24.2 Å². The number of aliphatic hydroxyl groups is 1. The standard InChI is InChI=1S/C10H10FN3O/c1-7(15)8-3-2-4-9(11)10(8)14-6-12-5-13-14/h2-7,15H,1H3/t7-/m1/s1. The van der Waals surface area contributed by atoms with Crippen LogP contribution in [0.25, 0.3) is 5.69 Å². The first-order chi connectivity index (χ1) is 7.20. The molecule has 0 aliphatic heterocycles. The lowest BCUT2D eigenvalue weighted by Crippen LogP contribution is -2.05. The molecule has 1 aromatic carbocycles. The van der Waals surface area contributed by atoms with Crippen molar-refractivity contribution in [2.24, 2.45) is 0 Å². The molecule has 0 amide bonds. The Balaban J connectivity index is 2.63. The molecule has 78 valence electrons. The lowest BCUT2D eigenvalue weighted by molar-refractivity contribution is 0.198. The van der Waals surface area contributed by atoms with Gasteiger partial charge in [-0.15, -0.1) is 0 Å². The largest absolute Gasteiger partial charge is 0.389 e. The molecule has 1 aromatic heterocycles. The summed E-state index contributed by atoms with van der Waals surface area (Å²) in [6.45, 7) is 1.58. The summed E-state index contributed by atoms with van der Waals surface area (Å²) in [4.78, 5) is 3.74. The molecule has 0 unspecified atom stereocenters. The number of nitrogens with zero attached hydrogens (tertiary/aromatic N) is 3. The maximum atomic E-state index is 13.6. The van der Waals surface area contributed by atoms with Gasteiger partial charge < -0.3 is 5.11 Å². The number of halogens is 1. The lowest BCUT2D eigenvalue weighted by Gasteiger charge is -2.11. The molecule has 15 heavy (non-hydrogen) atoms. The Kier molecular flexibility index (Phi) is 2.47. The van der Waals surface area contributed by atoms with Crippen LogP contribution in [0.4, 0.5) is 4.39 Å². The van der Waals surface area contributed by atoms with Crippen LogP contribution in [-0.4, -0.2) is 19.9 Å². The van der Waals surface area contributed by atoms with Crippen molar-refractivity contribution in [2.45, 2.75) is 13.0 Å². The molecule has 0 spiro atoms. The van der Waals surface area contributed by atoms with E-state index in [2.05, 4.69) is 10.1 Å². The zero-order valence-electron chi connectivity index (χ0n) is 8.13. The van der Waals surface area contributed by atoms with Crippen LogP contribution in [0, 0.1) is 5.82 Å². The third-order valence-corrected chi connectivity index (χ3v) is 2.12. The molecule has 4 nitrogen and oxygen atoms in total. The van der Waals surface area contributed by atoms with Gasteiger partial charge in [0.2, 0.25) is 0 Å².